The molecule has 0 radical (unpaired) electrons. The van der Waals surface area contributed by atoms with Crippen LogP contribution in [0.4, 0.5) is 0 Å². The molecule has 186 valence electrons. The molecule has 9 heteroatoms. The van der Waals surface area contributed by atoms with Crippen LogP contribution in [0, 0.1) is 0 Å². The third-order valence-electron chi connectivity index (χ3n) is 7.55. The van der Waals surface area contributed by atoms with Crippen molar-refractivity contribution < 1.29 is 9.59 Å². The summed E-state index contributed by atoms with van der Waals surface area (Å²) >= 11 is 0. The third kappa shape index (κ3) is 4.24. The molecule has 0 saturated carbocycles. The van der Waals surface area contributed by atoms with Gasteiger partial charge in [0.2, 0.25) is 0 Å². The predicted molar refractivity (Wildman–Crippen MR) is 138 cm³/mol. The Morgan fingerprint density at radius 1 is 1.06 bits per heavy atom. The van der Waals surface area contributed by atoms with Gasteiger partial charge in [0.25, 0.3) is 11.8 Å². The van der Waals surface area contributed by atoms with E-state index in [0.29, 0.717) is 11.1 Å². The summed E-state index contributed by atoms with van der Waals surface area (Å²) in [7, 11) is 2.11. The van der Waals surface area contributed by atoms with E-state index in [1.807, 2.05) is 35.5 Å². The zero-order chi connectivity index (χ0) is 24.6. The Kier molecular flexibility index (Phi) is 5.92. The quantitative estimate of drug-likeness (QED) is 0.462. The highest BCUT2D eigenvalue weighted by molar-refractivity contribution is 6.03. The molecule has 2 amide bonds. The third-order valence-corrected chi connectivity index (χ3v) is 7.55. The first-order valence-electron chi connectivity index (χ1n) is 12.8. The van der Waals surface area contributed by atoms with Crippen molar-refractivity contribution in [1.29, 1.82) is 0 Å². The molecule has 4 aromatic rings. The minimum absolute atomic E-state index is 0.0373. The Morgan fingerprint density at radius 3 is 2.67 bits per heavy atom. The minimum Gasteiger partial charge on any atom is -0.349 e. The van der Waals surface area contributed by atoms with Crippen molar-refractivity contribution in [3.63, 3.8) is 0 Å². The monoisotopic (exact) mass is 485 g/mol. The number of pyridine rings is 2. The molecule has 0 aliphatic carbocycles. The van der Waals surface area contributed by atoms with E-state index in [1.54, 1.807) is 16.9 Å². The fourth-order valence-corrected chi connectivity index (χ4v) is 5.37. The van der Waals surface area contributed by atoms with Crippen LogP contribution in [0.3, 0.4) is 0 Å². The van der Waals surface area contributed by atoms with Crippen molar-refractivity contribution in [2.24, 2.45) is 0 Å². The molecule has 2 saturated heterocycles. The van der Waals surface area contributed by atoms with Crippen LogP contribution in [0.15, 0.2) is 43.0 Å². The van der Waals surface area contributed by atoms with Crippen LogP contribution in [0.1, 0.15) is 52.8 Å². The molecule has 0 aromatic carbocycles. The molecule has 6 rings (SSSR count). The summed E-state index contributed by atoms with van der Waals surface area (Å²) in [6.45, 7) is 3.58. The number of piperidine rings is 2. The van der Waals surface area contributed by atoms with Crippen LogP contribution in [-0.2, 0) is 0 Å². The molecule has 0 atom stereocenters. The van der Waals surface area contributed by atoms with Crippen LogP contribution in [0.5, 0.6) is 0 Å². The van der Waals surface area contributed by atoms with Gasteiger partial charge in [0.05, 0.1) is 22.8 Å². The van der Waals surface area contributed by atoms with Crippen LogP contribution in [-0.4, -0.2) is 80.5 Å². The molecule has 9 nitrogen and oxygen atoms in total. The summed E-state index contributed by atoms with van der Waals surface area (Å²) in [5.74, 6) is -0.0536. The fourth-order valence-electron chi connectivity index (χ4n) is 5.37. The largest absolute Gasteiger partial charge is 0.349 e. The lowest BCUT2D eigenvalue weighted by Gasteiger charge is -2.29. The highest BCUT2D eigenvalue weighted by Crippen LogP contribution is 2.30. The molecular weight excluding hydrogens is 454 g/mol. The number of carbonyl (C=O) groups is 2. The van der Waals surface area contributed by atoms with Crippen LogP contribution in [0.2, 0.25) is 0 Å². The number of nitrogens with zero attached hydrogens (tertiary/aromatic N) is 5. The molecule has 0 spiro atoms. The summed E-state index contributed by atoms with van der Waals surface area (Å²) < 4.78 is 1.74. The molecule has 6 heterocycles. The van der Waals surface area contributed by atoms with E-state index in [1.165, 1.54) is 6.42 Å². The van der Waals surface area contributed by atoms with Gasteiger partial charge in [0.15, 0.2) is 0 Å². The Hall–Kier alpha value is -3.72. The SMILES string of the molecule is CN1CCC(NC(=O)c2cnc3[nH]cc(-c4ccn5ncc(C(=O)N6CCCCC6)c5c4)c3c2)CC1. The molecule has 0 unspecified atom stereocenters. The van der Waals surface area contributed by atoms with Gasteiger partial charge in [-0.3, -0.25) is 9.59 Å². The van der Waals surface area contributed by atoms with Gasteiger partial charge in [-0.05, 0) is 76.0 Å². The van der Waals surface area contributed by atoms with Gasteiger partial charge in [-0.1, -0.05) is 0 Å². The fraction of sp³-hybridized carbons (Fsp3) is 0.407. The number of aromatic nitrogens is 4. The van der Waals surface area contributed by atoms with Gasteiger partial charge in [0, 0.05) is 48.7 Å². The second-order valence-corrected chi connectivity index (χ2v) is 10.0. The van der Waals surface area contributed by atoms with E-state index in [2.05, 4.69) is 32.3 Å². The first-order chi connectivity index (χ1) is 17.6. The van der Waals surface area contributed by atoms with Crippen molar-refractivity contribution >= 4 is 28.4 Å². The zero-order valence-electron chi connectivity index (χ0n) is 20.5. The number of hydrogen-bond donors (Lipinski definition) is 2. The van der Waals surface area contributed by atoms with Crippen molar-refractivity contribution in [2.75, 3.05) is 33.2 Å². The van der Waals surface area contributed by atoms with Crippen molar-refractivity contribution in [3.05, 3.63) is 54.1 Å². The molecule has 36 heavy (non-hydrogen) atoms. The second kappa shape index (κ2) is 9.39. The smallest absolute Gasteiger partial charge is 0.257 e. The Bertz CT molecular complexity index is 1420. The predicted octanol–water partition coefficient (Wildman–Crippen LogP) is 3.33. The van der Waals surface area contributed by atoms with Crippen molar-refractivity contribution in [3.8, 4) is 11.1 Å². The molecule has 2 N–H and O–H groups in total. The van der Waals surface area contributed by atoms with Crippen LogP contribution >= 0.6 is 0 Å². The molecule has 4 aromatic heterocycles. The highest BCUT2D eigenvalue weighted by atomic mass is 16.2. The van der Waals surface area contributed by atoms with Gasteiger partial charge in [-0.2, -0.15) is 5.10 Å². The van der Waals surface area contributed by atoms with Crippen LogP contribution in [0.25, 0.3) is 27.7 Å². The van der Waals surface area contributed by atoms with E-state index >= 15 is 0 Å². The Labute approximate surface area is 209 Å². The average molecular weight is 486 g/mol. The highest BCUT2D eigenvalue weighted by Gasteiger charge is 2.23. The summed E-state index contributed by atoms with van der Waals surface area (Å²) in [6.07, 6.45) is 12.3. The summed E-state index contributed by atoms with van der Waals surface area (Å²) in [5, 5.41) is 8.46. The number of carbonyl (C=O) groups excluding carboxylic acids is 2. The maximum atomic E-state index is 13.2. The number of likely N-dealkylation sites (tertiary alicyclic amines) is 2. The van der Waals surface area contributed by atoms with E-state index < -0.39 is 0 Å². The normalized spacial score (nSPS) is 17.6. The minimum atomic E-state index is -0.0910. The Balaban J connectivity index is 1.30. The zero-order valence-corrected chi connectivity index (χ0v) is 20.5. The lowest BCUT2D eigenvalue weighted by molar-refractivity contribution is 0.0726. The first kappa shape index (κ1) is 22.7. The first-order valence-corrected chi connectivity index (χ1v) is 12.8. The number of aromatic amines is 1. The van der Waals surface area contributed by atoms with Gasteiger partial charge >= 0.3 is 0 Å². The molecule has 2 aliphatic rings. The van der Waals surface area contributed by atoms with Gasteiger partial charge in [0.1, 0.15) is 5.65 Å². The van der Waals surface area contributed by atoms with E-state index in [9.17, 15) is 9.59 Å². The number of nitrogens with one attached hydrogen (secondary N) is 2. The molecule has 2 fully saturated rings. The molecule has 0 bridgehead atoms. The van der Waals surface area contributed by atoms with Crippen LogP contribution < -0.4 is 5.32 Å². The van der Waals surface area contributed by atoms with Gasteiger partial charge in [-0.15, -0.1) is 0 Å². The maximum absolute atomic E-state index is 13.2. The van der Waals surface area contributed by atoms with E-state index in [-0.39, 0.29) is 17.9 Å². The standard InChI is InChI=1S/C27H31N7O2/c1-32-10-6-20(7-11-32)31-26(35)19-13-21-22(16-29-25(21)28-15-19)18-5-12-34-24(14-18)23(17-30-34)27(36)33-8-3-2-4-9-33/h5,12-17,20H,2-4,6-11H2,1H3,(H,28,29)(H,31,35). The summed E-state index contributed by atoms with van der Waals surface area (Å²) in [6, 6.07) is 6.06. The van der Waals surface area contributed by atoms with E-state index in [4.69, 9.17) is 0 Å². The average Bonchev–Trinajstić information content (AvgIpc) is 3.53. The number of hydrogen-bond acceptors (Lipinski definition) is 5. The number of H-pyrrole nitrogens is 1. The summed E-state index contributed by atoms with van der Waals surface area (Å²) in [4.78, 5) is 38.1. The topological polar surface area (TPSA) is 98.6 Å². The number of fused-ring (bicyclic) bond motifs is 2. The molecular formula is C27H31N7O2. The Morgan fingerprint density at radius 2 is 1.86 bits per heavy atom. The number of rotatable bonds is 4. The van der Waals surface area contributed by atoms with Gasteiger partial charge in [-0.25, -0.2) is 9.50 Å². The second-order valence-electron chi connectivity index (χ2n) is 10.0. The van der Waals surface area contributed by atoms with Crippen molar-refractivity contribution in [1.82, 2.24) is 34.7 Å². The van der Waals surface area contributed by atoms with Crippen molar-refractivity contribution in [2.45, 2.75) is 38.1 Å². The summed E-state index contributed by atoms with van der Waals surface area (Å²) in [5.41, 5.74) is 4.55. The number of amides is 2. The molecule has 2 aliphatic heterocycles. The lowest BCUT2D eigenvalue weighted by atomic mass is 10.0. The lowest BCUT2D eigenvalue weighted by Crippen LogP contribution is -2.43. The maximum Gasteiger partial charge on any atom is 0.257 e. The van der Waals surface area contributed by atoms with Gasteiger partial charge < -0.3 is 20.1 Å². The van der Waals surface area contributed by atoms with E-state index in [0.717, 1.165) is 79.5 Å².